The number of unbranched alkanes of at least 4 members (excludes halogenated alkanes) is 1. The molecule has 3 aromatic rings. The van der Waals surface area contributed by atoms with Crippen LogP contribution in [-0.2, 0) is 17.6 Å². The highest BCUT2D eigenvalue weighted by atomic mass is 32.1. The van der Waals surface area contributed by atoms with Gasteiger partial charge in [-0.05, 0) is 56.2 Å². The third-order valence-electron chi connectivity index (χ3n) is 5.87. The minimum absolute atomic E-state index is 0.167. The van der Waals surface area contributed by atoms with Crippen LogP contribution in [0.1, 0.15) is 65.2 Å². The Morgan fingerprint density at radius 3 is 2.88 bits per heavy atom. The lowest BCUT2D eigenvalue weighted by Crippen LogP contribution is -2.17. The fourth-order valence-electron chi connectivity index (χ4n) is 4.01. The molecule has 1 N–H and O–H groups in total. The monoisotopic (exact) mass is 451 g/mol. The van der Waals surface area contributed by atoms with Gasteiger partial charge in [0.25, 0.3) is 5.56 Å². The summed E-state index contributed by atoms with van der Waals surface area (Å²) >= 11 is 1.55. The molecule has 1 aromatic carbocycles. The van der Waals surface area contributed by atoms with Crippen molar-refractivity contribution in [2.45, 2.75) is 52.9 Å². The SMILES string of the molecule is CCCCOC(=O)c1c(/N=C/c2c(C)[nH]n(-c3ccccc3)c2=O)sc2c1CCC(C)C2. The molecule has 1 aliphatic carbocycles. The first-order chi connectivity index (χ1) is 15.5. The van der Waals surface area contributed by atoms with Crippen LogP contribution >= 0.6 is 11.3 Å². The van der Waals surface area contributed by atoms with Gasteiger partial charge in [-0.3, -0.25) is 9.89 Å². The van der Waals surface area contributed by atoms with Crippen molar-refractivity contribution in [3.8, 4) is 5.69 Å². The maximum atomic E-state index is 13.0. The van der Waals surface area contributed by atoms with E-state index in [0.717, 1.165) is 49.0 Å². The Morgan fingerprint density at radius 2 is 2.12 bits per heavy atom. The van der Waals surface area contributed by atoms with E-state index in [1.54, 1.807) is 17.6 Å². The molecule has 0 fully saturated rings. The first-order valence-electron chi connectivity index (χ1n) is 11.2. The van der Waals surface area contributed by atoms with Gasteiger partial charge in [-0.2, -0.15) is 0 Å². The summed E-state index contributed by atoms with van der Waals surface area (Å²) in [6.45, 7) is 6.57. The molecule has 0 amide bonds. The van der Waals surface area contributed by atoms with Crippen molar-refractivity contribution < 1.29 is 9.53 Å². The van der Waals surface area contributed by atoms with Crippen molar-refractivity contribution >= 4 is 28.5 Å². The Balaban J connectivity index is 1.69. The number of esters is 1. The molecular weight excluding hydrogens is 422 g/mol. The Hall–Kier alpha value is -2.93. The van der Waals surface area contributed by atoms with Gasteiger partial charge in [0.05, 0.1) is 23.4 Å². The minimum atomic E-state index is -0.301. The van der Waals surface area contributed by atoms with Crippen LogP contribution in [0.2, 0.25) is 0 Å². The fourth-order valence-corrected chi connectivity index (χ4v) is 5.36. The summed E-state index contributed by atoms with van der Waals surface area (Å²) in [7, 11) is 0. The summed E-state index contributed by atoms with van der Waals surface area (Å²) in [5.74, 6) is 0.289. The van der Waals surface area contributed by atoms with Gasteiger partial charge in [-0.25, -0.2) is 14.5 Å². The van der Waals surface area contributed by atoms with E-state index in [0.29, 0.717) is 28.7 Å². The number of aliphatic imine (C=N–C) groups is 1. The van der Waals surface area contributed by atoms with Crippen LogP contribution < -0.4 is 5.56 Å². The lowest BCUT2D eigenvalue weighted by Gasteiger charge is -2.18. The van der Waals surface area contributed by atoms with Gasteiger partial charge < -0.3 is 4.74 Å². The maximum absolute atomic E-state index is 13.0. The zero-order valence-electron chi connectivity index (χ0n) is 18.8. The van der Waals surface area contributed by atoms with Crippen LogP contribution in [0, 0.1) is 12.8 Å². The second kappa shape index (κ2) is 9.69. The Kier molecular flexibility index (Phi) is 6.74. The van der Waals surface area contributed by atoms with Gasteiger partial charge in [0, 0.05) is 16.8 Å². The molecule has 1 aliphatic rings. The number of thiophene rings is 1. The highest BCUT2D eigenvalue weighted by Gasteiger charge is 2.28. The van der Waals surface area contributed by atoms with Gasteiger partial charge in [-0.15, -0.1) is 11.3 Å². The van der Waals surface area contributed by atoms with Gasteiger partial charge in [0.1, 0.15) is 5.00 Å². The number of rotatable bonds is 7. The Bertz CT molecular complexity index is 1190. The molecule has 7 heteroatoms. The molecule has 2 aromatic heterocycles. The topological polar surface area (TPSA) is 76.4 Å². The van der Waals surface area contributed by atoms with Crippen LogP contribution in [-0.4, -0.2) is 28.6 Å². The number of benzene rings is 1. The van der Waals surface area contributed by atoms with Crippen LogP contribution in [0.15, 0.2) is 40.1 Å². The van der Waals surface area contributed by atoms with Crippen LogP contribution in [0.25, 0.3) is 5.69 Å². The number of aromatic nitrogens is 2. The average molecular weight is 452 g/mol. The van der Waals surface area contributed by atoms with Crippen LogP contribution in [0.4, 0.5) is 5.00 Å². The number of aryl methyl sites for hydroxylation is 1. The minimum Gasteiger partial charge on any atom is -0.462 e. The molecular formula is C25H29N3O3S. The van der Waals surface area contributed by atoms with E-state index in [2.05, 4.69) is 23.9 Å². The Labute approximate surface area is 191 Å². The third kappa shape index (κ3) is 4.48. The first-order valence-corrected chi connectivity index (χ1v) is 12.0. The normalized spacial score (nSPS) is 15.8. The second-order valence-corrected chi connectivity index (χ2v) is 9.49. The third-order valence-corrected chi connectivity index (χ3v) is 7.03. The summed E-state index contributed by atoms with van der Waals surface area (Å²) < 4.78 is 7.06. The average Bonchev–Trinajstić information content (AvgIpc) is 3.29. The highest BCUT2D eigenvalue weighted by Crippen LogP contribution is 2.41. The van der Waals surface area contributed by atoms with Gasteiger partial charge >= 0.3 is 5.97 Å². The second-order valence-electron chi connectivity index (χ2n) is 8.41. The highest BCUT2D eigenvalue weighted by molar-refractivity contribution is 7.16. The molecule has 0 saturated carbocycles. The predicted octanol–water partition coefficient (Wildman–Crippen LogP) is 5.37. The summed E-state index contributed by atoms with van der Waals surface area (Å²) in [5.41, 5.74) is 3.47. The number of ether oxygens (including phenoxy) is 1. The van der Waals surface area contributed by atoms with Gasteiger partial charge in [0.15, 0.2) is 0 Å². The standard InChI is InChI=1S/C25H29N3O3S/c1-4-5-13-31-25(30)22-19-12-11-16(2)14-21(19)32-23(22)26-15-20-17(3)27-28(24(20)29)18-9-7-6-8-10-18/h6-10,15-16,27H,4-5,11-14H2,1-3H3/b26-15+. The van der Waals surface area contributed by atoms with Crippen LogP contribution in [0.3, 0.4) is 0 Å². The van der Waals surface area contributed by atoms with E-state index in [-0.39, 0.29) is 11.5 Å². The van der Waals surface area contributed by atoms with Crippen LogP contribution in [0.5, 0.6) is 0 Å². The summed E-state index contributed by atoms with van der Waals surface area (Å²) in [4.78, 5) is 31.8. The molecule has 6 nitrogen and oxygen atoms in total. The van der Waals surface area contributed by atoms with Crippen molar-refractivity contribution in [2.75, 3.05) is 6.61 Å². The molecule has 4 rings (SSSR count). The quantitative estimate of drug-likeness (QED) is 0.298. The molecule has 0 bridgehead atoms. The van der Waals surface area contributed by atoms with E-state index in [9.17, 15) is 9.59 Å². The molecule has 0 saturated heterocycles. The van der Waals surface area contributed by atoms with Crippen molar-refractivity contribution in [3.05, 3.63) is 67.9 Å². The zero-order valence-corrected chi connectivity index (χ0v) is 19.6. The van der Waals surface area contributed by atoms with E-state index in [1.807, 2.05) is 37.3 Å². The summed E-state index contributed by atoms with van der Waals surface area (Å²) in [5, 5.41) is 3.75. The van der Waals surface area contributed by atoms with E-state index in [1.165, 1.54) is 9.56 Å². The van der Waals surface area contributed by atoms with Crippen molar-refractivity contribution in [2.24, 2.45) is 10.9 Å². The number of carbonyl (C=O) groups is 1. The first kappa shape index (κ1) is 22.3. The lowest BCUT2D eigenvalue weighted by atomic mass is 9.88. The van der Waals surface area contributed by atoms with E-state index < -0.39 is 0 Å². The predicted molar refractivity (Wildman–Crippen MR) is 129 cm³/mol. The molecule has 32 heavy (non-hydrogen) atoms. The summed E-state index contributed by atoms with van der Waals surface area (Å²) in [6, 6.07) is 9.43. The largest absolute Gasteiger partial charge is 0.462 e. The molecule has 1 unspecified atom stereocenters. The number of hydrogen-bond acceptors (Lipinski definition) is 5. The Morgan fingerprint density at radius 1 is 1.34 bits per heavy atom. The number of nitrogens with one attached hydrogen (secondary N) is 1. The van der Waals surface area contributed by atoms with Crippen molar-refractivity contribution in [3.63, 3.8) is 0 Å². The van der Waals surface area contributed by atoms with E-state index in [4.69, 9.17) is 4.74 Å². The lowest BCUT2D eigenvalue weighted by molar-refractivity contribution is 0.0499. The summed E-state index contributed by atoms with van der Waals surface area (Å²) in [6.07, 6.45) is 6.27. The maximum Gasteiger partial charge on any atom is 0.341 e. The number of para-hydroxylation sites is 1. The molecule has 1 atom stereocenters. The molecule has 0 radical (unpaired) electrons. The number of H-pyrrole nitrogens is 1. The van der Waals surface area contributed by atoms with Crippen molar-refractivity contribution in [1.29, 1.82) is 0 Å². The van der Waals surface area contributed by atoms with Crippen molar-refractivity contribution in [1.82, 2.24) is 9.78 Å². The number of hydrogen-bond donors (Lipinski definition) is 1. The number of aromatic amines is 1. The van der Waals surface area contributed by atoms with Gasteiger partial charge in [-0.1, -0.05) is 38.5 Å². The number of fused-ring (bicyclic) bond motifs is 1. The molecule has 168 valence electrons. The molecule has 2 heterocycles. The fraction of sp³-hybridized carbons (Fsp3) is 0.400. The number of carbonyl (C=O) groups excluding carboxylic acids is 1. The van der Waals surface area contributed by atoms with Gasteiger partial charge in [0.2, 0.25) is 0 Å². The number of nitrogens with zero attached hydrogens (tertiary/aromatic N) is 2. The zero-order chi connectivity index (χ0) is 22.7. The van der Waals surface area contributed by atoms with E-state index >= 15 is 0 Å². The molecule has 0 aliphatic heterocycles. The smallest absolute Gasteiger partial charge is 0.341 e. The molecule has 0 spiro atoms.